The van der Waals surface area contributed by atoms with E-state index < -0.39 is 12.2 Å². The van der Waals surface area contributed by atoms with E-state index in [2.05, 4.69) is 29.6 Å². The zero-order valence-corrected chi connectivity index (χ0v) is 22.4. The van der Waals surface area contributed by atoms with Crippen LogP contribution in [-0.2, 0) is 4.74 Å². The molecule has 0 aliphatic heterocycles. The summed E-state index contributed by atoms with van der Waals surface area (Å²) < 4.78 is 25.5. The number of thiophene rings is 1. The van der Waals surface area contributed by atoms with Crippen molar-refractivity contribution >= 4 is 34.7 Å². The van der Waals surface area contributed by atoms with Gasteiger partial charge in [0.1, 0.15) is 17.7 Å². The molecule has 1 saturated carbocycles. The van der Waals surface area contributed by atoms with Gasteiger partial charge in [0.05, 0.1) is 22.0 Å². The van der Waals surface area contributed by atoms with Crippen molar-refractivity contribution in [1.29, 1.82) is 0 Å². The van der Waals surface area contributed by atoms with Gasteiger partial charge >= 0.3 is 6.09 Å². The zero-order chi connectivity index (χ0) is 26.1. The summed E-state index contributed by atoms with van der Waals surface area (Å²) in [5.74, 6) is 1.06. The number of hydrogen-bond acceptors (Lipinski definition) is 4. The minimum Gasteiger partial charge on any atom is -0.496 e. The predicted molar refractivity (Wildman–Crippen MR) is 148 cm³/mol. The van der Waals surface area contributed by atoms with Crippen molar-refractivity contribution in [2.45, 2.75) is 38.7 Å². The summed E-state index contributed by atoms with van der Waals surface area (Å²) in [6.45, 7) is 3.56. The molecule has 5 rings (SSSR count). The molecular formula is C30H27ClFNO3S. The lowest BCUT2D eigenvalue weighted by Gasteiger charge is -2.17. The van der Waals surface area contributed by atoms with E-state index in [1.54, 1.807) is 26.2 Å². The van der Waals surface area contributed by atoms with E-state index in [0.717, 1.165) is 32.9 Å². The summed E-state index contributed by atoms with van der Waals surface area (Å²) in [6, 6.07) is 20.7. The Hall–Kier alpha value is -3.35. The Labute approximate surface area is 225 Å². The molecule has 37 heavy (non-hydrogen) atoms. The van der Waals surface area contributed by atoms with Crippen molar-refractivity contribution in [2.24, 2.45) is 0 Å². The summed E-state index contributed by atoms with van der Waals surface area (Å²) in [5.41, 5.74) is 6.31. The van der Waals surface area contributed by atoms with Gasteiger partial charge in [-0.1, -0.05) is 54.1 Å². The fourth-order valence-corrected chi connectivity index (χ4v) is 5.68. The molecule has 7 heteroatoms. The summed E-state index contributed by atoms with van der Waals surface area (Å²) in [7, 11) is 1.65. The SMILES string of the molecule is COc1cc(-c2sc(Cl)cc2NC(=O)OC(C)c2cc(F)ccc2C)ccc1-c1ccc(C2CC2)cc1. The lowest BCUT2D eigenvalue weighted by molar-refractivity contribution is 0.120. The van der Waals surface area contributed by atoms with Gasteiger partial charge in [0, 0.05) is 5.56 Å². The molecule has 1 aromatic heterocycles. The van der Waals surface area contributed by atoms with Gasteiger partial charge in [-0.2, -0.15) is 0 Å². The molecule has 0 spiro atoms. The standard InChI is InChI=1S/C30H27ClFNO3S/c1-17-4-12-23(32)15-25(17)18(2)36-30(34)33-26-16-28(31)37-29(26)22-11-13-24(27(14-22)35-3)21-9-7-20(8-10-21)19-5-6-19/h4,7-16,18-19H,5-6H2,1-3H3,(H,33,34). The van der Waals surface area contributed by atoms with Gasteiger partial charge < -0.3 is 9.47 Å². The van der Waals surface area contributed by atoms with Gasteiger partial charge in [-0.05, 0) is 84.7 Å². The van der Waals surface area contributed by atoms with Crippen LogP contribution < -0.4 is 10.1 Å². The molecule has 190 valence electrons. The summed E-state index contributed by atoms with van der Waals surface area (Å²) >= 11 is 7.69. The number of anilines is 1. The third kappa shape index (κ3) is 5.65. The van der Waals surface area contributed by atoms with E-state index in [-0.39, 0.29) is 5.82 Å². The minimum absolute atomic E-state index is 0.375. The van der Waals surface area contributed by atoms with Gasteiger partial charge in [0.15, 0.2) is 0 Å². The number of rotatable bonds is 7. The first-order valence-corrected chi connectivity index (χ1v) is 13.3. The third-order valence-electron chi connectivity index (χ3n) is 6.64. The Kier molecular flexibility index (Phi) is 7.22. The second kappa shape index (κ2) is 10.6. The molecule has 4 aromatic rings. The molecule has 1 aliphatic rings. The highest BCUT2D eigenvalue weighted by atomic mass is 35.5. The van der Waals surface area contributed by atoms with Gasteiger partial charge in [-0.3, -0.25) is 5.32 Å². The van der Waals surface area contributed by atoms with E-state index in [0.29, 0.717) is 21.5 Å². The van der Waals surface area contributed by atoms with Gasteiger partial charge in [-0.15, -0.1) is 11.3 Å². The number of carbonyl (C=O) groups is 1. The second-order valence-corrected chi connectivity index (χ2v) is 11.0. The lowest BCUT2D eigenvalue weighted by atomic mass is 9.99. The number of nitrogens with one attached hydrogen (secondary N) is 1. The fraction of sp³-hybridized carbons (Fsp3) is 0.233. The molecule has 1 atom stereocenters. The Morgan fingerprint density at radius 3 is 2.49 bits per heavy atom. The van der Waals surface area contributed by atoms with Gasteiger partial charge in [-0.25, -0.2) is 9.18 Å². The van der Waals surface area contributed by atoms with E-state index in [4.69, 9.17) is 21.1 Å². The molecule has 1 amide bonds. The first-order valence-electron chi connectivity index (χ1n) is 12.1. The maximum Gasteiger partial charge on any atom is 0.412 e. The number of amides is 1. The van der Waals surface area contributed by atoms with Crippen LogP contribution in [0.4, 0.5) is 14.9 Å². The largest absolute Gasteiger partial charge is 0.496 e. The van der Waals surface area contributed by atoms with Crippen LogP contribution >= 0.6 is 22.9 Å². The second-order valence-electron chi connectivity index (χ2n) is 9.28. The third-order valence-corrected chi connectivity index (χ3v) is 7.95. The average molecular weight is 536 g/mol. The Bertz CT molecular complexity index is 1450. The topological polar surface area (TPSA) is 47.6 Å². The van der Waals surface area contributed by atoms with Crippen LogP contribution in [0.5, 0.6) is 5.75 Å². The molecule has 1 heterocycles. The van der Waals surface area contributed by atoms with Crippen LogP contribution in [0.1, 0.15) is 48.5 Å². The number of methoxy groups -OCH3 is 1. The molecule has 1 N–H and O–H groups in total. The maximum atomic E-state index is 13.7. The predicted octanol–water partition coefficient (Wildman–Crippen LogP) is 9.38. The van der Waals surface area contributed by atoms with Crippen LogP contribution in [0.2, 0.25) is 4.34 Å². The lowest BCUT2D eigenvalue weighted by Crippen LogP contribution is -2.16. The molecule has 0 bridgehead atoms. The first-order chi connectivity index (χ1) is 17.8. The smallest absolute Gasteiger partial charge is 0.412 e. The van der Waals surface area contributed by atoms with Crippen LogP contribution in [0.15, 0.2) is 66.7 Å². The van der Waals surface area contributed by atoms with Crippen molar-refractivity contribution in [3.05, 3.63) is 93.6 Å². The van der Waals surface area contributed by atoms with E-state index in [1.807, 2.05) is 25.1 Å². The monoisotopic (exact) mass is 535 g/mol. The molecule has 0 radical (unpaired) electrons. The maximum absolute atomic E-state index is 13.7. The number of halogens is 2. The highest BCUT2D eigenvalue weighted by Crippen LogP contribution is 2.44. The number of benzene rings is 3. The molecule has 4 nitrogen and oxygen atoms in total. The highest BCUT2D eigenvalue weighted by Gasteiger charge is 2.23. The summed E-state index contributed by atoms with van der Waals surface area (Å²) in [5, 5.41) is 2.80. The van der Waals surface area contributed by atoms with E-state index in [9.17, 15) is 9.18 Å². The molecule has 1 aliphatic carbocycles. The molecule has 1 unspecified atom stereocenters. The van der Waals surface area contributed by atoms with Gasteiger partial charge in [0.25, 0.3) is 0 Å². The van der Waals surface area contributed by atoms with Gasteiger partial charge in [0.2, 0.25) is 0 Å². The van der Waals surface area contributed by atoms with Crippen molar-refractivity contribution in [3.8, 4) is 27.3 Å². The molecule has 3 aromatic carbocycles. The molecule has 1 fully saturated rings. The quantitative estimate of drug-likeness (QED) is 0.256. The van der Waals surface area contributed by atoms with Crippen molar-refractivity contribution in [1.82, 2.24) is 0 Å². The minimum atomic E-state index is -0.647. The normalized spacial score (nSPS) is 13.8. The highest BCUT2D eigenvalue weighted by molar-refractivity contribution is 7.20. The van der Waals surface area contributed by atoms with Crippen LogP contribution in [0.25, 0.3) is 21.6 Å². The zero-order valence-electron chi connectivity index (χ0n) is 20.8. The Morgan fingerprint density at radius 1 is 1.05 bits per heavy atom. The fourth-order valence-electron chi connectivity index (χ4n) is 4.50. The molecule has 0 saturated heterocycles. The first kappa shape index (κ1) is 25.3. The van der Waals surface area contributed by atoms with Crippen LogP contribution in [0, 0.1) is 12.7 Å². The summed E-state index contributed by atoms with van der Waals surface area (Å²) in [6.07, 6.45) is 1.27. The molecular weight excluding hydrogens is 509 g/mol. The van der Waals surface area contributed by atoms with E-state index >= 15 is 0 Å². The Morgan fingerprint density at radius 2 is 1.78 bits per heavy atom. The number of carbonyl (C=O) groups excluding carboxylic acids is 1. The van der Waals surface area contributed by atoms with Crippen molar-refractivity contribution in [3.63, 3.8) is 0 Å². The van der Waals surface area contributed by atoms with Crippen LogP contribution in [0.3, 0.4) is 0 Å². The van der Waals surface area contributed by atoms with E-state index in [1.165, 1.54) is 41.9 Å². The summed E-state index contributed by atoms with van der Waals surface area (Å²) in [4.78, 5) is 13.5. The number of aryl methyl sites for hydroxylation is 1. The average Bonchev–Trinajstić information content (AvgIpc) is 3.67. The number of hydrogen-bond donors (Lipinski definition) is 1. The van der Waals surface area contributed by atoms with Crippen LogP contribution in [-0.4, -0.2) is 13.2 Å². The Balaban J connectivity index is 1.36. The van der Waals surface area contributed by atoms with Crippen molar-refractivity contribution < 1.29 is 18.7 Å². The number of ether oxygens (including phenoxy) is 2. The van der Waals surface area contributed by atoms with Crippen molar-refractivity contribution in [2.75, 3.05) is 12.4 Å².